The Labute approximate surface area is 137 Å². The molecule has 0 radical (unpaired) electrons. The largest absolute Gasteiger partial charge is 0.423 e. The summed E-state index contributed by atoms with van der Waals surface area (Å²) in [7, 11) is 0. The summed E-state index contributed by atoms with van der Waals surface area (Å²) >= 11 is 1.74. The van der Waals surface area contributed by atoms with E-state index in [0.29, 0.717) is 17.2 Å². The molecule has 0 amide bonds. The molecule has 0 N–H and O–H groups in total. The molecule has 0 unspecified atom stereocenters. The Bertz CT molecular complexity index is 769. The number of esters is 1. The number of hydrogen-bond acceptors (Lipinski definition) is 6. The Morgan fingerprint density at radius 2 is 1.87 bits per heavy atom. The second-order valence-electron chi connectivity index (χ2n) is 4.79. The maximum Gasteiger partial charge on any atom is 0.343 e. The molecule has 6 heteroatoms. The van der Waals surface area contributed by atoms with Gasteiger partial charge < -0.3 is 9.15 Å². The van der Waals surface area contributed by atoms with Crippen molar-refractivity contribution in [1.82, 2.24) is 10.2 Å². The van der Waals surface area contributed by atoms with E-state index >= 15 is 0 Å². The zero-order chi connectivity index (χ0) is 16.1. The van der Waals surface area contributed by atoms with Crippen LogP contribution < -0.4 is 4.74 Å². The molecule has 0 bridgehead atoms. The minimum atomic E-state index is -0.383. The molecule has 3 rings (SSSR count). The van der Waals surface area contributed by atoms with E-state index < -0.39 is 0 Å². The van der Waals surface area contributed by atoms with E-state index in [4.69, 9.17) is 9.15 Å². The van der Waals surface area contributed by atoms with Crippen LogP contribution in [0, 0.1) is 0 Å². The topological polar surface area (TPSA) is 65.2 Å². The lowest BCUT2D eigenvalue weighted by molar-refractivity contribution is 0.0735. The number of benzene rings is 2. The van der Waals surface area contributed by atoms with Crippen molar-refractivity contribution < 1.29 is 13.9 Å². The van der Waals surface area contributed by atoms with Crippen LogP contribution in [0.3, 0.4) is 0 Å². The molecule has 116 valence electrons. The number of hydrogen-bond donors (Lipinski definition) is 0. The molecule has 1 heterocycles. The van der Waals surface area contributed by atoms with Crippen LogP contribution >= 0.6 is 11.8 Å². The van der Waals surface area contributed by atoms with Crippen LogP contribution in [0.2, 0.25) is 0 Å². The third-order valence-electron chi connectivity index (χ3n) is 3.17. The molecule has 3 aromatic rings. The average Bonchev–Trinajstić information content (AvgIpc) is 3.11. The molecule has 0 fully saturated rings. The zero-order valence-corrected chi connectivity index (χ0v) is 13.2. The molecule has 0 saturated carbocycles. The van der Waals surface area contributed by atoms with E-state index in [1.54, 1.807) is 48.2 Å². The van der Waals surface area contributed by atoms with Gasteiger partial charge in [0.25, 0.3) is 0 Å². The molecule has 0 atom stereocenters. The van der Waals surface area contributed by atoms with E-state index in [2.05, 4.69) is 10.2 Å². The van der Waals surface area contributed by atoms with Crippen molar-refractivity contribution in [2.45, 2.75) is 5.75 Å². The highest BCUT2D eigenvalue weighted by Crippen LogP contribution is 2.21. The number of ether oxygens (including phenoxy) is 1. The fourth-order valence-corrected chi connectivity index (χ4v) is 2.56. The van der Waals surface area contributed by atoms with Crippen LogP contribution in [0.4, 0.5) is 0 Å². The molecule has 1 aromatic heterocycles. The maximum absolute atomic E-state index is 12.1. The van der Waals surface area contributed by atoms with Gasteiger partial charge in [0.2, 0.25) is 12.3 Å². The van der Waals surface area contributed by atoms with E-state index in [-0.39, 0.29) is 5.97 Å². The summed E-state index contributed by atoms with van der Waals surface area (Å²) in [5.74, 6) is 1.43. The molecular formula is C17H14N2O3S. The lowest BCUT2D eigenvalue weighted by Gasteiger charge is -2.05. The summed E-state index contributed by atoms with van der Waals surface area (Å²) in [6.45, 7) is 0. The van der Waals surface area contributed by atoms with Crippen LogP contribution in [0.1, 0.15) is 15.9 Å². The maximum atomic E-state index is 12.1. The lowest BCUT2D eigenvalue weighted by atomic mass is 10.1. The Hall–Kier alpha value is -2.60. The van der Waals surface area contributed by atoms with E-state index in [1.807, 2.05) is 18.4 Å². The van der Waals surface area contributed by atoms with Crippen molar-refractivity contribution in [3.63, 3.8) is 0 Å². The molecular weight excluding hydrogens is 312 g/mol. The molecule has 2 aromatic carbocycles. The normalized spacial score (nSPS) is 10.5. The predicted molar refractivity (Wildman–Crippen MR) is 88.4 cm³/mol. The lowest BCUT2D eigenvalue weighted by Crippen LogP contribution is -2.08. The number of carbonyl (C=O) groups excluding carboxylic acids is 1. The van der Waals surface area contributed by atoms with Gasteiger partial charge in [-0.2, -0.15) is 11.8 Å². The van der Waals surface area contributed by atoms with Crippen molar-refractivity contribution >= 4 is 17.7 Å². The standard InChI is InChI=1S/C17H14N2O3S/c1-23-10-12-2-4-14(5-3-12)17(20)22-15-8-6-13(7-9-15)16-19-18-11-21-16/h2-9,11H,10H2,1H3. The summed E-state index contributed by atoms with van der Waals surface area (Å²) in [6, 6.07) is 14.3. The Morgan fingerprint density at radius 1 is 1.13 bits per heavy atom. The summed E-state index contributed by atoms with van der Waals surface area (Å²) < 4.78 is 10.5. The molecule has 0 aliphatic carbocycles. The van der Waals surface area contributed by atoms with Crippen LogP contribution in [-0.4, -0.2) is 22.4 Å². The van der Waals surface area contributed by atoms with Gasteiger partial charge in [-0.05, 0) is 48.2 Å². The van der Waals surface area contributed by atoms with Gasteiger partial charge in [-0.25, -0.2) is 4.79 Å². The average molecular weight is 326 g/mol. The van der Waals surface area contributed by atoms with Gasteiger partial charge in [0.15, 0.2) is 0 Å². The van der Waals surface area contributed by atoms with Gasteiger partial charge >= 0.3 is 5.97 Å². The fourth-order valence-electron chi connectivity index (χ4n) is 2.03. The van der Waals surface area contributed by atoms with E-state index in [9.17, 15) is 4.79 Å². The van der Waals surface area contributed by atoms with Crippen LogP contribution in [0.25, 0.3) is 11.5 Å². The van der Waals surface area contributed by atoms with Gasteiger partial charge in [0.1, 0.15) is 5.75 Å². The van der Waals surface area contributed by atoms with Gasteiger partial charge in [0.05, 0.1) is 5.56 Å². The van der Waals surface area contributed by atoms with Gasteiger partial charge in [0, 0.05) is 11.3 Å². The Kier molecular flexibility index (Phi) is 4.73. The molecule has 0 saturated heterocycles. The number of rotatable bonds is 5. The minimum Gasteiger partial charge on any atom is -0.423 e. The first-order valence-electron chi connectivity index (χ1n) is 6.93. The monoisotopic (exact) mass is 326 g/mol. The zero-order valence-electron chi connectivity index (χ0n) is 12.4. The number of nitrogens with zero attached hydrogens (tertiary/aromatic N) is 2. The summed E-state index contributed by atoms with van der Waals surface area (Å²) in [4.78, 5) is 12.1. The third-order valence-corrected chi connectivity index (χ3v) is 3.79. The third kappa shape index (κ3) is 3.78. The van der Waals surface area contributed by atoms with Crippen molar-refractivity contribution in [3.8, 4) is 17.2 Å². The first-order valence-corrected chi connectivity index (χ1v) is 8.32. The highest BCUT2D eigenvalue weighted by Gasteiger charge is 2.09. The summed E-state index contributed by atoms with van der Waals surface area (Å²) in [5, 5.41) is 7.45. The quantitative estimate of drug-likeness (QED) is 0.524. The number of thioether (sulfide) groups is 1. The number of aromatic nitrogens is 2. The number of carbonyl (C=O) groups is 1. The smallest absolute Gasteiger partial charge is 0.343 e. The van der Waals surface area contributed by atoms with Crippen molar-refractivity contribution in [2.75, 3.05) is 6.26 Å². The minimum absolute atomic E-state index is 0.383. The van der Waals surface area contributed by atoms with Crippen LogP contribution in [0.15, 0.2) is 59.3 Å². The molecule has 23 heavy (non-hydrogen) atoms. The predicted octanol–water partition coefficient (Wildman–Crippen LogP) is 3.82. The summed E-state index contributed by atoms with van der Waals surface area (Å²) in [6.07, 6.45) is 3.31. The Balaban J connectivity index is 1.67. The van der Waals surface area contributed by atoms with Crippen LogP contribution in [0.5, 0.6) is 5.75 Å². The molecule has 0 aliphatic rings. The van der Waals surface area contributed by atoms with Crippen molar-refractivity contribution in [1.29, 1.82) is 0 Å². The molecule has 0 aliphatic heterocycles. The SMILES string of the molecule is CSCc1ccc(C(=O)Oc2ccc(-c3nnco3)cc2)cc1. The highest BCUT2D eigenvalue weighted by molar-refractivity contribution is 7.97. The second-order valence-corrected chi connectivity index (χ2v) is 5.65. The van der Waals surface area contributed by atoms with Gasteiger partial charge in [-0.1, -0.05) is 12.1 Å². The molecule has 5 nitrogen and oxygen atoms in total. The molecule has 0 spiro atoms. The first kappa shape index (κ1) is 15.3. The fraction of sp³-hybridized carbons (Fsp3) is 0.118. The van der Waals surface area contributed by atoms with E-state index in [1.165, 1.54) is 12.0 Å². The van der Waals surface area contributed by atoms with E-state index in [0.717, 1.165) is 11.3 Å². The summed E-state index contributed by atoms with van der Waals surface area (Å²) in [5.41, 5.74) is 2.47. The Morgan fingerprint density at radius 3 is 2.48 bits per heavy atom. The van der Waals surface area contributed by atoms with Gasteiger partial charge in [-0.15, -0.1) is 10.2 Å². The van der Waals surface area contributed by atoms with Crippen molar-refractivity contribution in [2.24, 2.45) is 0 Å². The van der Waals surface area contributed by atoms with Gasteiger partial charge in [-0.3, -0.25) is 0 Å². The first-order chi connectivity index (χ1) is 11.3. The highest BCUT2D eigenvalue weighted by atomic mass is 32.2. The van der Waals surface area contributed by atoms with Crippen LogP contribution in [-0.2, 0) is 5.75 Å². The second kappa shape index (κ2) is 7.11. The van der Waals surface area contributed by atoms with Crippen molar-refractivity contribution in [3.05, 3.63) is 66.1 Å².